The van der Waals surface area contributed by atoms with Crippen LogP contribution in [-0.2, 0) is 11.3 Å². The predicted molar refractivity (Wildman–Crippen MR) is 87.6 cm³/mol. The molecule has 1 aliphatic heterocycles. The van der Waals surface area contributed by atoms with Gasteiger partial charge < -0.3 is 20.1 Å². The summed E-state index contributed by atoms with van der Waals surface area (Å²) in [6.07, 6.45) is 2.50. The second kappa shape index (κ2) is 8.03. The lowest BCUT2D eigenvalue weighted by molar-refractivity contribution is -0.142. The van der Waals surface area contributed by atoms with Gasteiger partial charge in [-0.2, -0.15) is 0 Å². The third kappa shape index (κ3) is 4.13. The van der Waals surface area contributed by atoms with E-state index in [1.165, 1.54) is 5.56 Å². The summed E-state index contributed by atoms with van der Waals surface area (Å²) in [6.45, 7) is 5.53. The molecule has 0 radical (unpaired) electrons. The van der Waals surface area contributed by atoms with Gasteiger partial charge in [0.2, 0.25) is 0 Å². The van der Waals surface area contributed by atoms with Crippen LogP contribution in [0.2, 0.25) is 0 Å². The fourth-order valence-corrected chi connectivity index (χ4v) is 2.87. The largest absolute Gasteiger partial charge is 0.495 e. The molecule has 0 aromatic heterocycles. The zero-order valence-corrected chi connectivity index (χ0v) is 13.5. The van der Waals surface area contributed by atoms with Crippen molar-refractivity contribution in [2.24, 2.45) is 5.92 Å². The molecule has 0 amide bonds. The maximum absolute atomic E-state index is 11.0. The number of hydrogen-bond acceptors (Lipinski definition) is 4. The number of benzene rings is 1. The van der Waals surface area contributed by atoms with Gasteiger partial charge in [0.1, 0.15) is 5.75 Å². The third-order valence-corrected chi connectivity index (χ3v) is 4.18. The molecule has 1 heterocycles. The van der Waals surface area contributed by atoms with E-state index in [1.807, 2.05) is 0 Å². The zero-order valence-electron chi connectivity index (χ0n) is 13.5. The van der Waals surface area contributed by atoms with Crippen molar-refractivity contribution in [1.82, 2.24) is 5.32 Å². The summed E-state index contributed by atoms with van der Waals surface area (Å²) < 4.78 is 5.53. The summed E-state index contributed by atoms with van der Waals surface area (Å²) in [4.78, 5) is 13.3. The number of anilines is 1. The summed E-state index contributed by atoms with van der Waals surface area (Å²) in [5, 5.41) is 12.5. The second-order valence-electron chi connectivity index (χ2n) is 5.78. The van der Waals surface area contributed by atoms with Crippen LogP contribution < -0.4 is 15.0 Å². The van der Waals surface area contributed by atoms with Crippen LogP contribution in [0.15, 0.2) is 18.2 Å². The van der Waals surface area contributed by atoms with Crippen LogP contribution in [0, 0.1) is 5.92 Å². The number of nitrogens with one attached hydrogen (secondary N) is 1. The number of hydrogen-bond donors (Lipinski definition) is 2. The highest BCUT2D eigenvalue weighted by molar-refractivity contribution is 5.70. The lowest BCUT2D eigenvalue weighted by Crippen LogP contribution is -2.36. The van der Waals surface area contributed by atoms with Gasteiger partial charge in [-0.05, 0) is 43.5 Å². The van der Waals surface area contributed by atoms with Crippen LogP contribution in [0.4, 0.5) is 5.69 Å². The number of carboxylic acid groups (broad SMARTS) is 1. The van der Waals surface area contributed by atoms with Gasteiger partial charge in [0.15, 0.2) is 0 Å². The number of aliphatic carboxylic acids is 1. The van der Waals surface area contributed by atoms with Gasteiger partial charge in [0.05, 0.1) is 18.7 Å². The fraction of sp³-hybridized carbons (Fsp3) is 0.588. The van der Waals surface area contributed by atoms with E-state index in [9.17, 15) is 4.79 Å². The van der Waals surface area contributed by atoms with Crippen molar-refractivity contribution in [3.8, 4) is 5.75 Å². The summed E-state index contributed by atoms with van der Waals surface area (Å²) in [5.41, 5.74) is 2.26. The highest BCUT2D eigenvalue weighted by Gasteiger charge is 2.25. The van der Waals surface area contributed by atoms with Crippen molar-refractivity contribution < 1.29 is 14.6 Å². The van der Waals surface area contributed by atoms with E-state index in [0.29, 0.717) is 12.8 Å². The Morgan fingerprint density at radius 3 is 2.73 bits per heavy atom. The highest BCUT2D eigenvalue weighted by Crippen LogP contribution is 2.32. The average molecular weight is 306 g/mol. The lowest BCUT2D eigenvalue weighted by atomic mass is 9.96. The molecule has 1 aromatic rings. The van der Waals surface area contributed by atoms with E-state index in [1.54, 1.807) is 7.11 Å². The summed E-state index contributed by atoms with van der Waals surface area (Å²) in [5.74, 6) is -0.0201. The Kier molecular flexibility index (Phi) is 6.07. The van der Waals surface area contributed by atoms with Gasteiger partial charge in [-0.1, -0.05) is 13.0 Å². The summed E-state index contributed by atoms with van der Waals surface area (Å²) in [6, 6.07) is 6.27. The molecule has 0 aliphatic carbocycles. The van der Waals surface area contributed by atoms with E-state index in [-0.39, 0.29) is 5.92 Å². The van der Waals surface area contributed by atoms with Gasteiger partial charge in [-0.15, -0.1) is 0 Å². The normalized spacial score (nSPS) is 15.8. The van der Waals surface area contributed by atoms with Crippen molar-refractivity contribution in [2.75, 3.05) is 31.6 Å². The highest BCUT2D eigenvalue weighted by atomic mass is 16.5. The van der Waals surface area contributed by atoms with Gasteiger partial charge in [0, 0.05) is 19.6 Å². The molecule has 1 fully saturated rings. The number of carbonyl (C=O) groups is 1. The van der Waals surface area contributed by atoms with Crippen LogP contribution >= 0.6 is 0 Å². The molecular weight excluding hydrogens is 280 g/mol. The van der Waals surface area contributed by atoms with Crippen molar-refractivity contribution >= 4 is 11.7 Å². The van der Waals surface area contributed by atoms with Crippen molar-refractivity contribution in [1.29, 1.82) is 0 Å². The van der Waals surface area contributed by atoms with Crippen LogP contribution in [0.1, 0.15) is 31.7 Å². The molecule has 22 heavy (non-hydrogen) atoms. The second-order valence-corrected chi connectivity index (χ2v) is 5.78. The number of methoxy groups -OCH3 is 1. The maximum atomic E-state index is 11.0. The molecular formula is C17H26N2O3. The first kappa shape index (κ1) is 16.6. The minimum atomic E-state index is -0.677. The minimum absolute atomic E-state index is 0.209. The van der Waals surface area contributed by atoms with Gasteiger partial charge in [-0.3, -0.25) is 4.79 Å². The number of nitrogens with zero attached hydrogens (tertiary/aromatic N) is 1. The zero-order chi connectivity index (χ0) is 15.9. The van der Waals surface area contributed by atoms with Crippen LogP contribution in [0.3, 0.4) is 0 Å². The maximum Gasteiger partial charge on any atom is 0.306 e. The first-order valence-corrected chi connectivity index (χ1v) is 8.01. The molecule has 0 unspecified atom stereocenters. The third-order valence-electron chi connectivity index (χ3n) is 4.18. The molecule has 0 bridgehead atoms. The van der Waals surface area contributed by atoms with Crippen LogP contribution in [0.25, 0.3) is 0 Å². The van der Waals surface area contributed by atoms with Crippen LogP contribution in [-0.4, -0.2) is 37.8 Å². The molecule has 5 nitrogen and oxygen atoms in total. The molecule has 122 valence electrons. The molecule has 0 atom stereocenters. The molecule has 1 saturated heterocycles. The smallest absolute Gasteiger partial charge is 0.306 e. The molecule has 5 heteroatoms. The van der Waals surface area contributed by atoms with E-state index < -0.39 is 5.97 Å². The van der Waals surface area contributed by atoms with E-state index in [2.05, 4.69) is 35.3 Å². The van der Waals surface area contributed by atoms with Gasteiger partial charge in [-0.25, -0.2) is 0 Å². The molecule has 0 spiro atoms. The molecule has 2 rings (SSSR count). The summed E-state index contributed by atoms with van der Waals surface area (Å²) >= 11 is 0. The predicted octanol–water partition coefficient (Wildman–Crippen LogP) is 2.50. The van der Waals surface area contributed by atoms with Crippen molar-refractivity contribution in [3.63, 3.8) is 0 Å². The monoisotopic (exact) mass is 306 g/mol. The first-order valence-electron chi connectivity index (χ1n) is 8.01. The molecule has 1 aromatic carbocycles. The Balaban J connectivity index is 2.03. The van der Waals surface area contributed by atoms with E-state index in [0.717, 1.165) is 44.0 Å². The summed E-state index contributed by atoms with van der Waals surface area (Å²) in [7, 11) is 1.69. The average Bonchev–Trinajstić information content (AvgIpc) is 2.55. The Morgan fingerprint density at radius 1 is 1.41 bits per heavy atom. The Bertz CT molecular complexity index is 497. The SMILES string of the molecule is CCCNCc1ccc(N2CCC(C(=O)O)CC2)c(OC)c1. The Hall–Kier alpha value is -1.75. The molecule has 2 N–H and O–H groups in total. The lowest BCUT2D eigenvalue weighted by Gasteiger charge is -2.33. The van der Waals surface area contributed by atoms with Gasteiger partial charge >= 0.3 is 5.97 Å². The van der Waals surface area contributed by atoms with Crippen molar-refractivity contribution in [3.05, 3.63) is 23.8 Å². The quantitative estimate of drug-likeness (QED) is 0.758. The number of piperidine rings is 1. The molecule has 0 saturated carbocycles. The van der Waals surface area contributed by atoms with Crippen LogP contribution in [0.5, 0.6) is 5.75 Å². The topological polar surface area (TPSA) is 61.8 Å². The minimum Gasteiger partial charge on any atom is -0.495 e. The Morgan fingerprint density at radius 2 is 2.14 bits per heavy atom. The Labute approximate surface area is 132 Å². The van der Waals surface area contributed by atoms with Crippen molar-refractivity contribution in [2.45, 2.75) is 32.7 Å². The fourth-order valence-electron chi connectivity index (χ4n) is 2.87. The molecule has 1 aliphatic rings. The van der Waals surface area contributed by atoms with E-state index in [4.69, 9.17) is 9.84 Å². The number of ether oxygens (including phenoxy) is 1. The standard InChI is InChI=1S/C17H26N2O3/c1-3-8-18-12-13-4-5-15(16(11-13)22-2)19-9-6-14(7-10-19)17(20)21/h4-5,11,14,18H,3,6-10,12H2,1-2H3,(H,20,21). The van der Waals surface area contributed by atoms with E-state index >= 15 is 0 Å². The first-order chi connectivity index (χ1) is 10.7. The van der Waals surface area contributed by atoms with Gasteiger partial charge in [0.25, 0.3) is 0 Å². The number of carboxylic acids is 1. The number of rotatable bonds is 7.